The van der Waals surface area contributed by atoms with Gasteiger partial charge >= 0.3 is 5.69 Å². The van der Waals surface area contributed by atoms with Crippen LogP contribution in [0.1, 0.15) is 17.5 Å². The van der Waals surface area contributed by atoms with E-state index in [9.17, 15) is 14.4 Å². The first-order valence-electron chi connectivity index (χ1n) is 9.56. The van der Waals surface area contributed by atoms with Crippen LogP contribution in [0.5, 0.6) is 17.4 Å². The van der Waals surface area contributed by atoms with Crippen molar-refractivity contribution >= 4 is 17.4 Å². The molecule has 0 bridgehead atoms. The van der Waals surface area contributed by atoms with Crippen molar-refractivity contribution in [1.29, 1.82) is 5.26 Å². The van der Waals surface area contributed by atoms with Gasteiger partial charge < -0.3 is 14.4 Å². The molecule has 0 N–H and O–H groups in total. The van der Waals surface area contributed by atoms with Crippen molar-refractivity contribution in [1.82, 2.24) is 9.55 Å². The highest BCUT2D eigenvalue weighted by Crippen LogP contribution is 2.29. The number of benzene rings is 2. The second kappa shape index (κ2) is 8.66. The van der Waals surface area contributed by atoms with Gasteiger partial charge in [-0.25, -0.2) is 9.18 Å². The number of fused-ring (bicyclic) bond motifs is 1. The van der Waals surface area contributed by atoms with Crippen molar-refractivity contribution < 1.29 is 13.9 Å². The number of ether oxygens (including phenoxy) is 2. The van der Waals surface area contributed by atoms with Crippen molar-refractivity contribution in [3.8, 4) is 23.4 Å². The predicted octanol–water partition coefficient (Wildman–Crippen LogP) is 4.12. The molecule has 0 unspecified atom stereocenters. The fourth-order valence-corrected chi connectivity index (χ4v) is 3.44. The zero-order chi connectivity index (χ0) is 22.0. The summed E-state index contributed by atoms with van der Waals surface area (Å²) < 4.78 is 26.6. The number of halogens is 2. The molecule has 1 aliphatic heterocycles. The lowest BCUT2D eigenvalue weighted by Crippen LogP contribution is -2.36. The normalized spacial score (nSPS) is 12.8. The Morgan fingerprint density at radius 1 is 1.23 bits per heavy atom. The first-order valence-corrected chi connectivity index (χ1v) is 9.94. The van der Waals surface area contributed by atoms with Crippen LogP contribution in [0.2, 0.25) is 5.02 Å². The van der Waals surface area contributed by atoms with Crippen LogP contribution < -0.4 is 20.1 Å². The Morgan fingerprint density at radius 3 is 2.84 bits per heavy atom. The molecule has 31 heavy (non-hydrogen) atoms. The minimum Gasteiger partial charge on any atom is -0.473 e. The molecule has 7 nitrogen and oxygen atoms in total. The molecule has 3 aromatic rings. The topological polar surface area (TPSA) is 80.4 Å². The standard InChI is InChI=1S/C22H18ClFN4O3/c1-27-7-2-8-28-21(27)11-20(26-22(28)29)30-13-14-3-6-19(15(9-14)12-25)31-16-4-5-17(23)18(24)10-16/h3-6,9-11H,2,7-8,13H2,1H3. The molecule has 0 amide bonds. The summed E-state index contributed by atoms with van der Waals surface area (Å²) in [6, 6.07) is 12.8. The molecule has 1 aromatic heterocycles. The van der Waals surface area contributed by atoms with Crippen molar-refractivity contribution in [3.63, 3.8) is 0 Å². The first-order chi connectivity index (χ1) is 14.9. The van der Waals surface area contributed by atoms with Gasteiger partial charge in [-0.3, -0.25) is 4.57 Å². The highest BCUT2D eigenvalue weighted by atomic mass is 35.5. The molecule has 1 aliphatic rings. The Morgan fingerprint density at radius 2 is 2.06 bits per heavy atom. The van der Waals surface area contributed by atoms with Crippen molar-refractivity contribution in [2.24, 2.45) is 0 Å². The van der Waals surface area contributed by atoms with Gasteiger partial charge in [0, 0.05) is 32.3 Å². The lowest BCUT2D eigenvalue weighted by molar-refractivity contribution is 0.290. The Hall–Kier alpha value is -3.57. The van der Waals surface area contributed by atoms with Crippen molar-refractivity contribution in [3.05, 3.63) is 74.9 Å². The van der Waals surface area contributed by atoms with Crippen molar-refractivity contribution in [2.75, 3.05) is 18.5 Å². The molecule has 0 aliphatic carbocycles. The van der Waals surface area contributed by atoms with Crippen LogP contribution in [0.3, 0.4) is 0 Å². The van der Waals surface area contributed by atoms with Crippen LogP contribution in [0.15, 0.2) is 47.3 Å². The molecule has 158 valence electrons. The van der Waals surface area contributed by atoms with E-state index in [4.69, 9.17) is 21.1 Å². The number of hydrogen-bond donors (Lipinski definition) is 0. The van der Waals surface area contributed by atoms with Gasteiger partial charge in [-0.05, 0) is 36.2 Å². The Labute approximate surface area is 182 Å². The SMILES string of the molecule is CN1CCCn2c1cc(OCc1ccc(Oc3ccc(Cl)c(F)c3)c(C#N)c1)nc2=O. The average molecular weight is 441 g/mol. The number of rotatable bonds is 5. The molecule has 0 radical (unpaired) electrons. The van der Waals surface area contributed by atoms with Gasteiger partial charge in [0.05, 0.1) is 10.6 Å². The Bertz CT molecular complexity index is 1240. The van der Waals surface area contributed by atoms with E-state index in [1.165, 1.54) is 12.1 Å². The van der Waals surface area contributed by atoms with Crippen LogP contribution in [-0.4, -0.2) is 23.1 Å². The molecule has 4 rings (SSSR count). The van der Waals surface area contributed by atoms with Gasteiger partial charge in [0.1, 0.15) is 35.8 Å². The van der Waals surface area contributed by atoms with Crippen molar-refractivity contribution in [2.45, 2.75) is 19.6 Å². The minimum atomic E-state index is -0.609. The maximum Gasteiger partial charge on any atom is 0.352 e. The van der Waals surface area contributed by atoms with Gasteiger partial charge in [0.15, 0.2) is 0 Å². The second-order valence-electron chi connectivity index (χ2n) is 7.07. The molecule has 9 heteroatoms. The summed E-state index contributed by atoms with van der Waals surface area (Å²) in [6.45, 7) is 1.61. The highest BCUT2D eigenvalue weighted by molar-refractivity contribution is 6.30. The van der Waals surface area contributed by atoms with Crippen LogP contribution in [0.25, 0.3) is 0 Å². The minimum absolute atomic E-state index is 0.0121. The summed E-state index contributed by atoms with van der Waals surface area (Å²) in [7, 11) is 1.92. The summed E-state index contributed by atoms with van der Waals surface area (Å²) in [5.74, 6) is 0.880. The number of hydrogen-bond acceptors (Lipinski definition) is 6. The zero-order valence-corrected chi connectivity index (χ0v) is 17.4. The molecule has 2 aromatic carbocycles. The Balaban J connectivity index is 1.50. The quantitative estimate of drug-likeness (QED) is 0.593. The monoisotopic (exact) mass is 440 g/mol. The molecular formula is C22H18ClFN4O3. The van der Waals surface area contributed by atoms with E-state index in [-0.39, 0.29) is 40.3 Å². The van der Waals surface area contributed by atoms with Gasteiger partial charge in [0.2, 0.25) is 5.88 Å². The maximum absolute atomic E-state index is 13.6. The third kappa shape index (κ3) is 4.47. The first kappa shape index (κ1) is 20.7. The Kier molecular flexibility index (Phi) is 5.78. The molecule has 2 heterocycles. The summed E-state index contributed by atoms with van der Waals surface area (Å²) in [6.07, 6.45) is 0.888. The van der Waals surface area contributed by atoms with Gasteiger partial charge in [0.25, 0.3) is 0 Å². The van der Waals surface area contributed by atoms with E-state index in [1.807, 2.05) is 11.9 Å². The second-order valence-corrected chi connectivity index (χ2v) is 7.48. The predicted molar refractivity (Wildman–Crippen MR) is 113 cm³/mol. The number of nitrogens with zero attached hydrogens (tertiary/aromatic N) is 4. The van der Waals surface area contributed by atoms with E-state index in [0.717, 1.165) is 24.8 Å². The number of nitriles is 1. The van der Waals surface area contributed by atoms with Crippen LogP contribution in [0, 0.1) is 17.1 Å². The fourth-order valence-electron chi connectivity index (χ4n) is 3.32. The van der Waals surface area contributed by atoms with E-state index in [0.29, 0.717) is 12.1 Å². The molecule has 0 saturated carbocycles. The lowest BCUT2D eigenvalue weighted by atomic mass is 10.1. The summed E-state index contributed by atoms with van der Waals surface area (Å²) in [4.78, 5) is 18.2. The molecular weight excluding hydrogens is 423 g/mol. The summed E-state index contributed by atoms with van der Waals surface area (Å²) in [5.41, 5.74) is 0.601. The maximum atomic E-state index is 13.6. The van der Waals surface area contributed by atoms with Gasteiger partial charge in [-0.1, -0.05) is 17.7 Å². The van der Waals surface area contributed by atoms with E-state index >= 15 is 0 Å². The number of anilines is 1. The van der Waals surface area contributed by atoms with E-state index < -0.39 is 5.82 Å². The van der Waals surface area contributed by atoms with Crippen LogP contribution >= 0.6 is 11.6 Å². The van der Waals surface area contributed by atoms with E-state index in [1.54, 1.807) is 28.8 Å². The molecule has 0 fully saturated rings. The molecule has 0 saturated heterocycles. The molecule has 0 atom stereocenters. The summed E-state index contributed by atoms with van der Waals surface area (Å²) in [5, 5.41) is 9.46. The third-order valence-corrected chi connectivity index (χ3v) is 5.21. The smallest absolute Gasteiger partial charge is 0.352 e. The number of aromatic nitrogens is 2. The van der Waals surface area contributed by atoms with Crippen LogP contribution in [0.4, 0.5) is 10.2 Å². The fraction of sp³-hybridized carbons (Fsp3) is 0.227. The van der Waals surface area contributed by atoms with Gasteiger partial charge in [-0.15, -0.1) is 0 Å². The van der Waals surface area contributed by atoms with Crippen LogP contribution in [-0.2, 0) is 13.2 Å². The van der Waals surface area contributed by atoms with E-state index in [2.05, 4.69) is 11.1 Å². The third-order valence-electron chi connectivity index (χ3n) is 4.90. The highest BCUT2D eigenvalue weighted by Gasteiger charge is 2.17. The zero-order valence-electron chi connectivity index (χ0n) is 16.6. The molecule has 0 spiro atoms. The lowest BCUT2D eigenvalue weighted by Gasteiger charge is -2.28. The largest absolute Gasteiger partial charge is 0.473 e. The summed E-state index contributed by atoms with van der Waals surface area (Å²) >= 11 is 5.68. The van der Waals surface area contributed by atoms with Gasteiger partial charge in [-0.2, -0.15) is 10.2 Å². The average Bonchev–Trinajstić information content (AvgIpc) is 2.76.